The van der Waals surface area contributed by atoms with E-state index in [1.54, 1.807) is 33.4 Å². The number of nitriles is 1. The normalized spacial score (nSPS) is 14.8. The van der Waals surface area contributed by atoms with E-state index in [1.165, 1.54) is 11.1 Å². The summed E-state index contributed by atoms with van der Waals surface area (Å²) in [7, 11) is 0. The van der Waals surface area contributed by atoms with E-state index in [-0.39, 0.29) is 12.2 Å². The van der Waals surface area contributed by atoms with Gasteiger partial charge < -0.3 is 5.11 Å². The van der Waals surface area contributed by atoms with Crippen LogP contribution in [0.4, 0.5) is 0 Å². The standard InChI is InChI=1S/C26H24N4O2/c27-15-19-9-11-22(12-10-19)30-25-8-4-3-7-24(25)29(26(30)32)18-23(31)17-28-14-13-20-5-1-2-6-21(20)16-28/h1-12,23,31H,13-14,16-18H2. The van der Waals surface area contributed by atoms with Gasteiger partial charge in [-0.3, -0.25) is 14.0 Å². The predicted octanol–water partition coefficient (Wildman–Crippen LogP) is 3.08. The van der Waals surface area contributed by atoms with Crippen molar-refractivity contribution in [3.63, 3.8) is 0 Å². The summed E-state index contributed by atoms with van der Waals surface area (Å²) in [6.07, 6.45) is 0.305. The molecule has 0 aliphatic carbocycles. The van der Waals surface area contributed by atoms with E-state index >= 15 is 0 Å². The molecule has 6 heteroatoms. The van der Waals surface area contributed by atoms with Gasteiger partial charge in [-0.2, -0.15) is 5.26 Å². The first-order valence-electron chi connectivity index (χ1n) is 10.8. The average Bonchev–Trinajstić information content (AvgIpc) is 3.10. The van der Waals surface area contributed by atoms with Gasteiger partial charge in [0, 0.05) is 19.6 Å². The Bertz CT molecular complexity index is 1360. The van der Waals surface area contributed by atoms with E-state index in [0.29, 0.717) is 17.8 Å². The second-order valence-electron chi connectivity index (χ2n) is 8.28. The van der Waals surface area contributed by atoms with Gasteiger partial charge in [0.25, 0.3) is 0 Å². The molecule has 1 aromatic heterocycles. The molecule has 1 aliphatic rings. The van der Waals surface area contributed by atoms with Crippen LogP contribution >= 0.6 is 0 Å². The molecule has 2 heterocycles. The van der Waals surface area contributed by atoms with Gasteiger partial charge in [0.2, 0.25) is 0 Å². The molecule has 0 bridgehead atoms. The van der Waals surface area contributed by atoms with Crippen molar-refractivity contribution in [2.75, 3.05) is 13.1 Å². The lowest BCUT2D eigenvalue weighted by Gasteiger charge is -2.30. The van der Waals surface area contributed by atoms with Gasteiger partial charge in [0.1, 0.15) is 0 Å². The number of aliphatic hydroxyl groups excluding tert-OH is 1. The van der Waals surface area contributed by atoms with Crippen LogP contribution in [0.3, 0.4) is 0 Å². The summed E-state index contributed by atoms with van der Waals surface area (Å²) in [6, 6.07) is 25.1. The van der Waals surface area contributed by atoms with E-state index in [2.05, 4.69) is 35.2 Å². The molecule has 6 nitrogen and oxygen atoms in total. The van der Waals surface area contributed by atoms with Gasteiger partial charge in [0.05, 0.1) is 41.0 Å². The summed E-state index contributed by atoms with van der Waals surface area (Å²) in [4.78, 5) is 15.6. The van der Waals surface area contributed by atoms with Gasteiger partial charge >= 0.3 is 5.69 Å². The van der Waals surface area contributed by atoms with Crippen LogP contribution in [0.5, 0.6) is 0 Å². The van der Waals surface area contributed by atoms with Gasteiger partial charge in [-0.15, -0.1) is 0 Å². The average molecular weight is 425 g/mol. The Morgan fingerprint density at radius 3 is 2.34 bits per heavy atom. The quantitative estimate of drug-likeness (QED) is 0.534. The smallest absolute Gasteiger partial charge is 0.333 e. The number of hydrogen-bond acceptors (Lipinski definition) is 4. The van der Waals surface area contributed by atoms with Crippen LogP contribution in [0.2, 0.25) is 0 Å². The number of para-hydroxylation sites is 2. The zero-order chi connectivity index (χ0) is 22.1. The fourth-order valence-corrected chi connectivity index (χ4v) is 4.60. The predicted molar refractivity (Wildman–Crippen MR) is 124 cm³/mol. The molecule has 1 atom stereocenters. The molecule has 4 aromatic rings. The van der Waals surface area contributed by atoms with Crippen molar-refractivity contribution >= 4 is 11.0 Å². The maximum atomic E-state index is 13.4. The highest BCUT2D eigenvalue weighted by molar-refractivity contribution is 5.78. The van der Waals surface area contributed by atoms with E-state index in [1.807, 2.05) is 24.3 Å². The molecule has 3 aromatic carbocycles. The monoisotopic (exact) mass is 424 g/mol. The van der Waals surface area contributed by atoms with Crippen LogP contribution in [0.15, 0.2) is 77.6 Å². The molecule has 5 rings (SSSR count). The van der Waals surface area contributed by atoms with Gasteiger partial charge in [0.15, 0.2) is 0 Å². The van der Waals surface area contributed by atoms with Crippen molar-refractivity contribution in [2.24, 2.45) is 0 Å². The fourth-order valence-electron chi connectivity index (χ4n) is 4.60. The Kier molecular flexibility index (Phi) is 5.36. The Balaban J connectivity index is 1.41. The molecule has 1 unspecified atom stereocenters. The number of aliphatic hydroxyl groups is 1. The molecule has 0 spiro atoms. The topological polar surface area (TPSA) is 74.2 Å². The number of hydrogen-bond donors (Lipinski definition) is 1. The minimum atomic E-state index is -0.668. The number of fused-ring (bicyclic) bond motifs is 2. The Morgan fingerprint density at radius 2 is 1.59 bits per heavy atom. The molecule has 1 aliphatic heterocycles. The number of aromatic nitrogens is 2. The zero-order valence-corrected chi connectivity index (χ0v) is 17.7. The summed E-state index contributed by atoms with van der Waals surface area (Å²) in [6.45, 7) is 2.45. The molecule has 160 valence electrons. The van der Waals surface area contributed by atoms with E-state index in [0.717, 1.165) is 30.5 Å². The molecule has 0 fully saturated rings. The van der Waals surface area contributed by atoms with Crippen LogP contribution in [0, 0.1) is 11.3 Å². The Labute approximate surface area is 186 Å². The van der Waals surface area contributed by atoms with E-state index < -0.39 is 6.10 Å². The van der Waals surface area contributed by atoms with Crippen molar-refractivity contribution in [1.29, 1.82) is 5.26 Å². The van der Waals surface area contributed by atoms with Crippen LogP contribution in [0.1, 0.15) is 16.7 Å². The third-order valence-corrected chi connectivity index (χ3v) is 6.16. The first kappa shape index (κ1) is 20.3. The maximum Gasteiger partial charge on any atom is 0.333 e. The second kappa shape index (κ2) is 8.46. The lowest BCUT2D eigenvalue weighted by atomic mass is 10.00. The van der Waals surface area contributed by atoms with Crippen LogP contribution in [-0.2, 0) is 19.5 Å². The minimum absolute atomic E-state index is 0.195. The van der Waals surface area contributed by atoms with Crippen molar-refractivity contribution in [1.82, 2.24) is 14.0 Å². The summed E-state index contributed by atoms with van der Waals surface area (Å²) in [5.41, 5.74) is 5.29. The second-order valence-corrected chi connectivity index (χ2v) is 8.28. The number of rotatable bonds is 5. The molecular formula is C26H24N4O2. The first-order valence-corrected chi connectivity index (χ1v) is 10.8. The third kappa shape index (κ3) is 3.73. The SMILES string of the molecule is N#Cc1ccc(-n2c(=O)n(CC(O)CN3CCc4ccccc4C3)c3ccccc32)cc1. The first-order chi connectivity index (χ1) is 15.6. The van der Waals surface area contributed by atoms with Crippen molar-refractivity contribution < 1.29 is 5.11 Å². The Hall–Kier alpha value is -3.66. The highest BCUT2D eigenvalue weighted by Gasteiger charge is 2.21. The maximum absolute atomic E-state index is 13.4. The van der Waals surface area contributed by atoms with Crippen LogP contribution in [-0.4, -0.2) is 38.3 Å². The molecule has 1 N–H and O–H groups in total. The van der Waals surface area contributed by atoms with Gasteiger partial charge in [-0.05, 0) is 53.9 Å². The lowest BCUT2D eigenvalue weighted by Crippen LogP contribution is -2.39. The van der Waals surface area contributed by atoms with Crippen LogP contribution in [0.25, 0.3) is 16.7 Å². The summed E-state index contributed by atoms with van der Waals surface area (Å²) in [5.74, 6) is 0. The lowest BCUT2D eigenvalue weighted by molar-refractivity contribution is 0.0918. The molecular weight excluding hydrogens is 400 g/mol. The number of nitrogens with zero attached hydrogens (tertiary/aromatic N) is 4. The highest BCUT2D eigenvalue weighted by atomic mass is 16.3. The molecule has 0 amide bonds. The van der Waals surface area contributed by atoms with Crippen molar-refractivity contribution in [2.45, 2.75) is 25.6 Å². The molecule has 32 heavy (non-hydrogen) atoms. The summed E-state index contributed by atoms with van der Waals surface area (Å²) >= 11 is 0. The number of benzene rings is 3. The molecule has 0 saturated heterocycles. The summed E-state index contributed by atoms with van der Waals surface area (Å²) in [5, 5.41) is 20.0. The minimum Gasteiger partial charge on any atom is -0.390 e. The largest absolute Gasteiger partial charge is 0.390 e. The highest BCUT2D eigenvalue weighted by Crippen LogP contribution is 2.20. The van der Waals surface area contributed by atoms with Crippen LogP contribution < -0.4 is 5.69 Å². The third-order valence-electron chi connectivity index (χ3n) is 6.16. The number of imidazole rings is 1. The fraction of sp³-hybridized carbons (Fsp3) is 0.231. The van der Waals surface area contributed by atoms with Crippen molar-refractivity contribution in [3.8, 4) is 11.8 Å². The van der Waals surface area contributed by atoms with Crippen molar-refractivity contribution in [3.05, 3.63) is 100.0 Å². The van der Waals surface area contributed by atoms with Gasteiger partial charge in [-0.1, -0.05) is 36.4 Å². The molecule has 0 saturated carbocycles. The zero-order valence-electron chi connectivity index (χ0n) is 17.7. The van der Waals surface area contributed by atoms with E-state index in [9.17, 15) is 9.90 Å². The van der Waals surface area contributed by atoms with E-state index in [4.69, 9.17) is 5.26 Å². The van der Waals surface area contributed by atoms with Gasteiger partial charge in [-0.25, -0.2) is 4.79 Å². The number of β-amino-alcohol motifs (C(OH)–C–C–N with tert-alkyl or cyclic N) is 1. The Morgan fingerprint density at radius 1 is 0.906 bits per heavy atom. The summed E-state index contributed by atoms with van der Waals surface area (Å²) < 4.78 is 3.29. The molecule has 0 radical (unpaired) electrons.